The third-order valence-electron chi connectivity index (χ3n) is 4.93. The number of hydrogen-bond acceptors (Lipinski definition) is 3. The molecule has 0 amide bonds. The first-order valence-electron chi connectivity index (χ1n) is 9.28. The highest BCUT2D eigenvalue weighted by molar-refractivity contribution is 5.93. The quantitative estimate of drug-likeness (QED) is 0.764. The van der Waals surface area contributed by atoms with Crippen molar-refractivity contribution in [3.05, 3.63) is 71.8 Å². The van der Waals surface area contributed by atoms with E-state index in [9.17, 15) is 4.79 Å². The number of piperidine rings is 1. The third kappa shape index (κ3) is 3.83. The van der Waals surface area contributed by atoms with Crippen LogP contribution in [0.5, 0.6) is 0 Å². The lowest BCUT2D eigenvalue weighted by Crippen LogP contribution is -2.47. The maximum atomic E-state index is 13.6. The molecule has 0 aromatic heterocycles. The molecule has 3 heteroatoms. The van der Waals surface area contributed by atoms with Gasteiger partial charge in [0.2, 0.25) is 0 Å². The Morgan fingerprint density at radius 1 is 0.920 bits per heavy atom. The first kappa shape index (κ1) is 17.8. The van der Waals surface area contributed by atoms with E-state index in [1.165, 1.54) is 19.3 Å². The SMILES string of the molecule is CCOC(C(=O)CN1CCCCC1)(c1ccccc1)c1ccccc1. The molecular formula is C22H27NO2. The molecule has 0 N–H and O–H groups in total. The number of benzene rings is 2. The summed E-state index contributed by atoms with van der Waals surface area (Å²) >= 11 is 0. The summed E-state index contributed by atoms with van der Waals surface area (Å²) in [4.78, 5) is 15.8. The van der Waals surface area contributed by atoms with Crippen LogP contribution in [0.25, 0.3) is 0 Å². The standard InChI is InChI=1S/C22H27NO2/c1-2-25-22(19-12-6-3-7-13-19,20-14-8-4-9-15-20)21(24)18-23-16-10-5-11-17-23/h3-4,6-9,12-15H,2,5,10-11,16-18H2,1H3. The number of ketones is 1. The van der Waals surface area contributed by atoms with Crippen molar-refractivity contribution in [3.8, 4) is 0 Å². The van der Waals surface area contributed by atoms with Crippen molar-refractivity contribution >= 4 is 5.78 Å². The minimum Gasteiger partial charge on any atom is -0.358 e. The van der Waals surface area contributed by atoms with E-state index in [2.05, 4.69) is 4.90 Å². The van der Waals surface area contributed by atoms with Gasteiger partial charge in [-0.2, -0.15) is 0 Å². The van der Waals surface area contributed by atoms with E-state index in [0.29, 0.717) is 13.2 Å². The molecule has 0 radical (unpaired) electrons. The summed E-state index contributed by atoms with van der Waals surface area (Å²) in [5.41, 5.74) is 0.782. The van der Waals surface area contributed by atoms with E-state index in [0.717, 1.165) is 24.2 Å². The minimum atomic E-state index is -1.03. The molecule has 2 aromatic rings. The van der Waals surface area contributed by atoms with Crippen LogP contribution in [0.3, 0.4) is 0 Å². The molecule has 0 spiro atoms. The Balaban J connectivity index is 2.02. The molecule has 1 fully saturated rings. The van der Waals surface area contributed by atoms with Crippen molar-refractivity contribution in [1.29, 1.82) is 0 Å². The van der Waals surface area contributed by atoms with E-state index < -0.39 is 5.60 Å². The predicted octanol–water partition coefficient (Wildman–Crippen LogP) is 4.02. The highest BCUT2D eigenvalue weighted by Crippen LogP contribution is 2.35. The minimum absolute atomic E-state index is 0.119. The summed E-state index contributed by atoms with van der Waals surface area (Å²) in [7, 11) is 0. The van der Waals surface area contributed by atoms with Crippen LogP contribution >= 0.6 is 0 Å². The van der Waals surface area contributed by atoms with Gasteiger partial charge in [-0.1, -0.05) is 67.1 Å². The molecule has 25 heavy (non-hydrogen) atoms. The topological polar surface area (TPSA) is 29.5 Å². The first-order chi connectivity index (χ1) is 12.3. The summed E-state index contributed by atoms with van der Waals surface area (Å²) in [6, 6.07) is 19.8. The van der Waals surface area contributed by atoms with Crippen LogP contribution in [0.2, 0.25) is 0 Å². The molecule has 1 aliphatic heterocycles. The number of ether oxygens (including phenoxy) is 1. The summed E-state index contributed by atoms with van der Waals surface area (Å²) in [6.07, 6.45) is 3.61. The molecule has 0 atom stereocenters. The summed E-state index contributed by atoms with van der Waals surface area (Å²) in [5.74, 6) is 0.119. The zero-order valence-electron chi connectivity index (χ0n) is 15.0. The van der Waals surface area contributed by atoms with Gasteiger partial charge in [-0.15, -0.1) is 0 Å². The van der Waals surface area contributed by atoms with Crippen LogP contribution in [-0.2, 0) is 15.1 Å². The van der Waals surface area contributed by atoms with Gasteiger partial charge in [0.15, 0.2) is 11.4 Å². The van der Waals surface area contributed by atoms with Gasteiger partial charge in [0, 0.05) is 6.61 Å². The van der Waals surface area contributed by atoms with Gasteiger partial charge in [-0.25, -0.2) is 0 Å². The van der Waals surface area contributed by atoms with Crippen LogP contribution < -0.4 is 0 Å². The average molecular weight is 337 g/mol. The maximum absolute atomic E-state index is 13.6. The molecule has 2 aromatic carbocycles. The number of Topliss-reactive ketones (excluding diaryl/α,β-unsaturated/α-hetero) is 1. The second kappa shape index (κ2) is 8.41. The number of hydrogen-bond donors (Lipinski definition) is 0. The van der Waals surface area contributed by atoms with Gasteiger partial charge < -0.3 is 4.74 Å². The molecule has 132 valence electrons. The largest absolute Gasteiger partial charge is 0.358 e. The second-order valence-electron chi connectivity index (χ2n) is 6.61. The third-order valence-corrected chi connectivity index (χ3v) is 4.93. The summed E-state index contributed by atoms with van der Waals surface area (Å²) in [5, 5.41) is 0. The van der Waals surface area contributed by atoms with Crippen molar-refractivity contribution in [1.82, 2.24) is 4.90 Å². The fourth-order valence-corrected chi connectivity index (χ4v) is 3.73. The zero-order chi connectivity index (χ0) is 17.5. The van der Waals surface area contributed by atoms with Crippen molar-refractivity contribution in [2.45, 2.75) is 31.8 Å². The van der Waals surface area contributed by atoms with E-state index in [1.807, 2.05) is 67.6 Å². The normalized spacial score (nSPS) is 15.9. The molecule has 0 aliphatic carbocycles. The van der Waals surface area contributed by atoms with Crippen LogP contribution in [0, 0.1) is 0 Å². The number of carbonyl (C=O) groups excluding carboxylic acids is 1. The Kier molecular flexibility index (Phi) is 6.00. The summed E-state index contributed by atoms with van der Waals surface area (Å²) in [6.45, 7) is 4.86. The molecule has 1 heterocycles. The van der Waals surface area contributed by atoms with Gasteiger partial charge in [0.05, 0.1) is 6.54 Å². The Bertz CT molecular complexity index is 623. The second-order valence-corrected chi connectivity index (χ2v) is 6.61. The fourth-order valence-electron chi connectivity index (χ4n) is 3.73. The van der Waals surface area contributed by atoms with Crippen molar-refractivity contribution < 1.29 is 9.53 Å². The summed E-state index contributed by atoms with van der Waals surface area (Å²) < 4.78 is 6.23. The lowest BCUT2D eigenvalue weighted by Gasteiger charge is -2.36. The molecule has 0 bridgehead atoms. The van der Waals surface area contributed by atoms with Gasteiger partial charge in [-0.3, -0.25) is 9.69 Å². The maximum Gasteiger partial charge on any atom is 0.187 e. The van der Waals surface area contributed by atoms with Crippen LogP contribution in [0.1, 0.15) is 37.3 Å². The zero-order valence-corrected chi connectivity index (χ0v) is 15.0. The fraction of sp³-hybridized carbons (Fsp3) is 0.409. The van der Waals surface area contributed by atoms with E-state index in [-0.39, 0.29) is 5.78 Å². The number of carbonyl (C=O) groups is 1. The Hall–Kier alpha value is -1.97. The van der Waals surface area contributed by atoms with Gasteiger partial charge in [0.1, 0.15) is 0 Å². The molecule has 0 unspecified atom stereocenters. The Morgan fingerprint density at radius 2 is 1.44 bits per heavy atom. The van der Waals surface area contributed by atoms with E-state index in [1.54, 1.807) is 0 Å². The predicted molar refractivity (Wildman–Crippen MR) is 101 cm³/mol. The van der Waals surface area contributed by atoms with Crippen LogP contribution in [-0.4, -0.2) is 36.9 Å². The van der Waals surface area contributed by atoms with E-state index >= 15 is 0 Å². The Labute approximate surface area is 150 Å². The number of nitrogens with zero attached hydrogens (tertiary/aromatic N) is 1. The van der Waals surface area contributed by atoms with Crippen LogP contribution in [0.4, 0.5) is 0 Å². The Morgan fingerprint density at radius 3 is 1.92 bits per heavy atom. The average Bonchev–Trinajstić information content (AvgIpc) is 2.68. The molecule has 3 nitrogen and oxygen atoms in total. The molecule has 1 saturated heterocycles. The van der Waals surface area contributed by atoms with Gasteiger partial charge in [0.25, 0.3) is 0 Å². The number of rotatable bonds is 7. The van der Waals surface area contributed by atoms with Crippen molar-refractivity contribution in [3.63, 3.8) is 0 Å². The van der Waals surface area contributed by atoms with Crippen molar-refractivity contribution in [2.75, 3.05) is 26.2 Å². The first-order valence-corrected chi connectivity index (χ1v) is 9.28. The smallest absolute Gasteiger partial charge is 0.187 e. The lowest BCUT2D eigenvalue weighted by atomic mass is 9.82. The molecular weight excluding hydrogens is 310 g/mol. The van der Waals surface area contributed by atoms with Crippen molar-refractivity contribution in [2.24, 2.45) is 0 Å². The molecule has 1 aliphatic rings. The number of likely N-dealkylation sites (tertiary alicyclic amines) is 1. The van der Waals surface area contributed by atoms with Crippen LogP contribution in [0.15, 0.2) is 60.7 Å². The van der Waals surface area contributed by atoms with Gasteiger partial charge >= 0.3 is 0 Å². The lowest BCUT2D eigenvalue weighted by molar-refractivity contribution is -0.141. The highest BCUT2D eigenvalue weighted by atomic mass is 16.5. The molecule has 3 rings (SSSR count). The highest BCUT2D eigenvalue weighted by Gasteiger charge is 2.43. The molecule has 0 saturated carbocycles. The van der Waals surface area contributed by atoms with E-state index in [4.69, 9.17) is 4.74 Å². The monoisotopic (exact) mass is 337 g/mol. The van der Waals surface area contributed by atoms with Gasteiger partial charge in [-0.05, 0) is 44.0 Å².